The van der Waals surface area contributed by atoms with E-state index in [9.17, 15) is 19.7 Å². The standard InChI is InChI=1S/C17H11ClN2O4/c1-10-3-2-4-13(9-10)19-16(21)14(15(18)17(19)22)11-5-7-12(8-6-11)20(23)24/h2-9H,1H3. The summed E-state index contributed by atoms with van der Waals surface area (Å²) in [4.78, 5) is 36.3. The Balaban J connectivity index is 2.02. The monoisotopic (exact) mass is 342 g/mol. The molecule has 0 bridgehead atoms. The molecule has 2 aromatic carbocycles. The second-order valence-corrected chi connectivity index (χ2v) is 5.66. The van der Waals surface area contributed by atoms with Gasteiger partial charge in [0.2, 0.25) is 0 Å². The lowest BCUT2D eigenvalue weighted by molar-refractivity contribution is -0.384. The molecule has 2 aromatic rings. The SMILES string of the molecule is Cc1cccc(N2C(=O)C(Cl)=C(c3ccc([N+](=O)[O-])cc3)C2=O)c1. The van der Waals surface area contributed by atoms with Gasteiger partial charge in [0, 0.05) is 12.1 Å². The van der Waals surface area contributed by atoms with Gasteiger partial charge in [0.25, 0.3) is 17.5 Å². The Morgan fingerprint density at radius 2 is 1.71 bits per heavy atom. The predicted octanol–water partition coefficient (Wildman–Crippen LogP) is 3.43. The number of imide groups is 1. The van der Waals surface area contributed by atoms with Crippen LogP contribution in [0.1, 0.15) is 11.1 Å². The number of non-ortho nitro benzene ring substituents is 1. The number of carbonyl (C=O) groups is 2. The van der Waals surface area contributed by atoms with Crippen LogP contribution < -0.4 is 4.90 Å². The lowest BCUT2D eigenvalue weighted by atomic mass is 10.1. The van der Waals surface area contributed by atoms with E-state index in [1.54, 1.807) is 18.2 Å². The fourth-order valence-corrected chi connectivity index (χ4v) is 2.78. The minimum atomic E-state index is -0.611. The number of hydrogen-bond donors (Lipinski definition) is 0. The summed E-state index contributed by atoms with van der Waals surface area (Å²) in [5.74, 6) is -1.16. The number of carbonyl (C=O) groups excluding carboxylic acids is 2. The van der Waals surface area contributed by atoms with Crippen LogP contribution in [0.4, 0.5) is 11.4 Å². The highest BCUT2D eigenvalue weighted by Crippen LogP contribution is 2.35. The third kappa shape index (κ3) is 2.57. The summed E-state index contributed by atoms with van der Waals surface area (Å²) in [5, 5.41) is 10.5. The van der Waals surface area contributed by atoms with Crippen molar-refractivity contribution in [3.05, 3.63) is 74.8 Å². The first kappa shape index (κ1) is 15.9. The van der Waals surface area contributed by atoms with Crippen LogP contribution in [-0.2, 0) is 9.59 Å². The first-order valence-corrected chi connectivity index (χ1v) is 7.38. The number of hydrogen-bond acceptors (Lipinski definition) is 4. The van der Waals surface area contributed by atoms with Crippen LogP contribution in [0.2, 0.25) is 0 Å². The molecule has 0 fully saturated rings. The Kier molecular flexibility index (Phi) is 3.91. The molecule has 0 atom stereocenters. The zero-order chi connectivity index (χ0) is 17.4. The second-order valence-electron chi connectivity index (χ2n) is 5.28. The zero-order valence-electron chi connectivity index (χ0n) is 12.5. The number of amides is 2. The molecule has 0 aromatic heterocycles. The largest absolute Gasteiger partial charge is 0.277 e. The second kappa shape index (κ2) is 5.90. The summed E-state index contributed by atoms with van der Waals surface area (Å²) < 4.78 is 0. The van der Waals surface area contributed by atoms with Gasteiger partial charge in [0.05, 0.1) is 16.2 Å². The molecule has 0 aliphatic carbocycles. The molecule has 0 unspecified atom stereocenters. The van der Waals surface area contributed by atoms with Crippen molar-refractivity contribution in [2.75, 3.05) is 4.90 Å². The van der Waals surface area contributed by atoms with Crippen molar-refractivity contribution in [3.63, 3.8) is 0 Å². The quantitative estimate of drug-likeness (QED) is 0.486. The van der Waals surface area contributed by atoms with Gasteiger partial charge >= 0.3 is 0 Å². The van der Waals surface area contributed by atoms with Crippen LogP contribution in [0.5, 0.6) is 0 Å². The molecule has 24 heavy (non-hydrogen) atoms. The summed E-state index contributed by atoms with van der Waals surface area (Å²) in [6.45, 7) is 1.85. The lowest BCUT2D eigenvalue weighted by Crippen LogP contribution is -2.31. The van der Waals surface area contributed by atoms with Crippen molar-refractivity contribution in [2.45, 2.75) is 6.92 Å². The summed E-state index contributed by atoms with van der Waals surface area (Å²) >= 11 is 6.08. The highest BCUT2D eigenvalue weighted by Gasteiger charge is 2.39. The number of nitro benzene ring substituents is 1. The van der Waals surface area contributed by atoms with Gasteiger partial charge in [-0.2, -0.15) is 0 Å². The van der Waals surface area contributed by atoms with Gasteiger partial charge in [-0.1, -0.05) is 23.7 Å². The smallest absolute Gasteiger partial charge is 0.268 e. The van der Waals surface area contributed by atoms with E-state index in [-0.39, 0.29) is 16.3 Å². The van der Waals surface area contributed by atoms with Crippen LogP contribution >= 0.6 is 11.6 Å². The molecule has 6 nitrogen and oxygen atoms in total. The van der Waals surface area contributed by atoms with Gasteiger partial charge in [-0.25, -0.2) is 4.90 Å². The fraction of sp³-hybridized carbons (Fsp3) is 0.0588. The molecule has 3 rings (SSSR count). The Morgan fingerprint density at radius 3 is 2.29 bits per heavy atom. The number of nitro groups is 1. The maximum absolute atomic E-state index is 12.7. The van der Waals surface area contributed by atoms with E-state index in [1.807, 2.05) is 13.0 Å². The van der Waals surface area contributed by atoms with Gasteiger partial charge in [-0.15, -0.1) is 0 Å². The molecule has 1 heterocycles. The van der Waals surface area contributed by atoms with E-state index < -0.39 is 16.7 Å². The Labute approximate surface area is 142 Å². The van der Waals surface area contributed by atoms with Crippen LogP contribution in [0.15, 0.2) is 53.6 Å². The van der Waals surface area contributed by atoms with Gasteiger partial charge in [-0.05, 0) is 42.3 Å². The molecule has 0 radical (unpaired) electrons. The number of nitrogens with zero attached hydrogens (tertiary/aromatic N) is 2. The number of anilines is 1. The van der Waals surface area contributed by atoms with Gasteiger partial charge < -0.3 is 0 Å². The molecule has 0 spiro atoms. The Hall–Kier alpha value is -2.99. The number of rotatable bonds is 3. The van der Waals surface area contributed by atoms with Crippen LogP contribution in [0, 0.1) is 17.0 Å². The number of benzene rings is 2. The number of halogens is 1. The zero-order valence-corrected chi connectivity index (χ0v) is 13.3. The van der Waals surface area contributed by atoms with E-state index in [0.29, 0.717) is 11.3 Å². The highest BCUT2D eigenvalue weighted by atomic mass is 35.5. The first-order chi connectivity index (χ1) is 11.4. The topological polar surface area (TPSA) is 80.5 Å². The minimum absolute atomic E-state index is 0.0399. The van der Waals surface area contributed by atoms with Gasteiger partial charge in [0.15, 0.2) is 0 Å². The normalized spacial score (nSPS) is 14.5. The molecule has 120 valence electrons. The Morgan fingerprint density at radius 1 is 1.04 bits per heavy atom. The van der Waals surface area contributed by atoms with E-state index in [1.165, 1.54) is 24.3 Å². The first-order valence-electron chi connectivity index (χ1n) is 7.00. The van der Waals surface area contributed by atoms with E-state index in [0.717, 1.165) is 10.5 Å². The number of aryl methyl sites for hydroxylation is 1. The third-order valence-corrected chi connectivity index (χ3v) is 4.00. The van der Waals surface area contributed by atoms with E-state index in [2.05, 4.69) is 0 Å². The highest BCUT2D eigenvalue weighted by molar-refractivity contribution is 6.60. The molecule has 1 aliphatic heterocycles. The molecule has 0 saturated heterocycles. The average Bonchev–Trinajstić information content (AvgIpc) is 2.77. The van der Waals surface area contributed by atoms with Crippen LogP contribution in [0.3, 0.4) is 0 Å². The molecule has 7 heteroatoms. The molecule has 0 saturated carbocycles. The van der Waals surface area contributed by atoms with Crippen molar-refractivity contribution >= 4 is 40.4 Å². The van der Waals surface area contributed by atoms with E-state index >= 15 is 0 Å². The maximum Gasteiger partial charge on any atom is 0.277 e. The van der Waals surface area contributed by atoms with Gasteiger partial charge in [-0.3, -0.25) is 19.7 Å². The summed E-state index contributed by atoms with van der Waals surface area (Å²) in [6, 6.07) is 12.3. The lowest BCUT2D eigenvalue weighted by Gasteiger charge is -2.15. The summed E-state index contributed by atoms with van der Waals surface area (Å²) in [5.41, 5.74) is 1.62. The van der Waals surface area contributed by atoms with Crippen molar-refractivity contribution in [2.24, 2.45) is 0 Å². The van der Waals surface area contributed by atoms with Gasteiger partial charge in [0.1, 0.15) is 5.03 Å². The van der Waals surface area contributed by atoms with Crippen molar-refractivity contribution in [3.8, 4) is 0 Å². The third-order valence-electron chi connectivity index (χ3n) is 3.65. The maximum atomic E-state index is 12.7. The average molecular weight is 343 g/mol. The van der Waals surface area contributed by atoms with E-state index in [4.69, 9.17) is 11.6 Å². The molecule has 0 N–H and O–H groups in total. The molecular weight excluding hydrogens is 332 g/mol. The Bertz CT molecular complexity index is 903. The predicted molar refractivity (Wildman–Crippen MR) is 89.5 cm³/mol. The molecular formula is C17H11ClN2O4. The van der Waals surface area contributed by atoms with Crippen LogP contribution in [0.25, 0.3) is 5.57 Å². The van der Waals surface area contributed by atoms with Crippen molar-refractivity contribution in [1.82, 2.24) is 0 Å². The molecule has 1 aliphatic rings. The minimum Gasteiger partial charge on any atom is -0.268 e. The summed E-state index contributed by atoms with van der Waals surface area (Å²) in [6.07, 6.45) is 0. The van der Waals surface area contributed by atoms with Crippen LogP contribution in [-0.4, -0.2) is 16.7 Å². The summed E-state index contributed by atoms with van der Waals surface area (Å²) in [7, 11) is 0. The van der Waals surface area contributed by atoms with Crippen molar-refractivity contribution in [1.29, 1.82) is 0 Å². The fourth-order valence-electron chi connectivity index (χ4n) is 2.50. The molecule has 2 amide bonds. The van der Waals surface area contributed by atoms with Crippen molar-refractivity contribution < 1.29 is 14.5 Å².